The quantitative estimate of drug-likeness (QED) is 0.902. The summed E-state index contributed by atoms with van der Waals surface area (Å²) < 4.78 is 5.36. The van der Waals surface area contributed by atoms with E-state index in [1.807, 2.05) is 36.1 Å². The Bertz CT molecular complexity index is 537. The molecule has 0 aromatic heterocycles. The number of ether oxygens (including phenoxy) is 1. The summed E-state index contributed by atoms with van der Waals surface area (Å²) in [4.78, 5) is 26.0. The van der Waals surface area contributed by atoms with Gasteiger partial charge in [-0.1, -0.05) is 0 Å². The van der Waals surface area contributed by atoms with Gasteiger partial charge < -0.3 is 15.0 Å². The highest BCUT2D eigenvalue weighted by atomic mass is 16.5. The van der Waals surface area contributed by atoms with Gasteiger partial charge in [-0.2, -0.15) is 0 Å². The average Bonchev–Trinajstić information content (AvgIpc) is 3.24. The van der Waals surface area contributed by atoms with Gasteiger partial charge in [-0.15, -0.1) is 0 Å². The fraction of sp³-hybridized carbons (Fsp3) is 0.500. The second kappa shape index (κ2) is 5.76. The molecule has 1 N–H and O–H groups in total. The van der Waals surface area contributed by atoms with Gasteiger partial charge in [0.15, 0.2) is 0 Å². The van der Waals surface area contributed by atoms with Crippen LogP contribution < -0.4 is 10.1 Å². The van der Waals surface area contributed by atoms with Crippen molar-refractivity contribution >= 4 is 17.5 Å². The van der Waals surface area contributed by atoms with Crippen molar-refractivity contribution in [1.82, 2.24) is 4.90 Å². The lowest BCUT2D eigenvalue weighted by Crippen LogP contribution is -2.29. The van der Waals surface area contributed by atoms with Gasteiger partial charge in [0.25, 0.3) is 0 Å². The van der Waals surface area contributed by atoms with E-state index in [4.69, 9.17) is 4.74 Å². The molecule has 1 aliphatic heterocycles. The van der Waals surface area contributed by atoms with Crippen LogP contribution in [0.15, 0.2) is 24.3 Å². The Hall–Kier alpha value is -2.04. The van der Waals surface area contributed by atoms with Gasteiger partial charge in [0, 0.05) is 24.7 Å². The average molecular weight is 288 g/mol. The molecular weight excluding hydrogens is 268 g/mol. The summed E-state index contributed by atoms with van der Waals surface area (Å²) >= 11 is 0. The van der Waals surface area contributed by atoms with Crippen molar-refractivity contribution in [2.45, 2.75) is 32.2 Å². The number of carbonyl (C=O) groups excluding carboxylic acids is 2. The van der Waals surface area contributed by atoms with E-state index in [1.165, 1.54) is 0 Å². The standard InChI is InChI=1S/C16H20N2O3/c1-2-21-14-7-3-12(4-8-14)17-16(20)11-9-15(19)18(10-11)13-5-6-13/h3-4,7-8,11,13H,2,5-6,9-10H2,1H3,(H,17,20)/t11-/m1/s1. The molecule has 1 aromatic carbocycles. The molecule has 5 nitrogen and oxygen atoms in total. The summed E-state index contributed by atoms with van der Waals surface area (Å²) in [6.45, 7) is 3.11. The molecule has 2 aliphatic rings. The first-order valence-corrected chi connectivity index (χ1v) is 7.50. The molecular formula is C16H20N2O3. The van der Waals surface area contributed by atoms with E-state index in [9.17, 15) is 9.59 Å². The topological polar surface area (TPSA) is 58.6 Å². The summed E-state index contributed by atoms with van der Waals surface area (Å²) in [5.41, 5.74) is 0.737. The third-order valence-corrected chi connectivity index (χ3v) is 3.95. The number of anilines is 1. The monoisotopic (exact) mass is 288 g/mol. The van der Waals surface area contributed by atoms with Crippen LogP contribution in [0.1, 0.15) is 26.2 Å². The van der Waals surface area contributed by atoms with Crippen molar-refractivity contribution < 1.29 is 14.3 Å². The van der Waals surface area contributed by atoms with Gasteiger partial charge in [0.2, 0.25) is 11.8 Å². The summed E-state index contributed by atoms with van der Waals surface area (Å²) in [6.07, 6.45) is 2.50. The van der Waals surface area contributed by atoms with Crippen LogP contribution in [0.25, 0.3) is 0 Å². The first-order valence-electron chi connectivity index (χ1n) is 7.50. The molecule has 21 heavy (non-hydrogen) atoms. The van der Waals surface area contributed by atoms with Crippen molar-refractivity contribution in [3.63, 3.8) is 0 Å². The summed E-state index contributed by atoms with van der Waals surface area (Å²) in [7, 11) is 0. The molecule has 0 unspecified atom stereocenters. The van der Waals surface area contributed by atoms with E-state index in [-0.39, 0.29) is 17.7 Å². The number of carbonyl (C=O) groups is 2. The van der Waals surface area contributed by atoms with Gasteiger partial charge in [0.1, 0.15) is 5.75 Å². The zero-order valence-corrected chi connectivity index (χ0v) is 12.2. The van der Waals surface area contributed by atoms with Crippen molar-refractivity contribution in [2.24, 2.45) is 5.92 Å². The Labute approximate surface area is 124 Å². The number of hydrogen-bond acceptors (Lipinski definition) is 3. The fourth-order valence-corrected chi connectivity index (χ4v) is 2.69. The second-order valence-electron chi connectivity index (χ2n) is 5.62. The highest BCUT2D eigenvalue weighted by Gasteiger charge is 2.41. The molecule has 1 saturated carbocycles. The van der Waals surface area contributed by atoms with Crippen LogP contribution in [-0.2, 0) is 9.59 Å². The van der Waals surface area contributed by atoms with E-state index in [0.29, 0.717) is 25.6 Å². The van der Waals surface area contributed by atoms with Crippen molar-refractivity contribution in [3.8, 4) is 5.75 Å². The Morgan fingerprint density at radius 1 is 1.33 bits per heavy atom. The number of rotatable bonds is 5. The predicted octanol–water partition coefficient (Wildman–Crippen LogP) is 2.03. The van der Waals surface area contributed by atoms with Crippen molar-refractivity contribution in [1.29, 1.82) is 0 Å². The SMILES string of the molecule is CCOc1ccc(NC(=O)[C@@H]2CC(=O)N(C3CC3)C2)cc1. The lowest BCUT2D eigenvalue weighted by molar-refractivity contribution is -0.128. The zero-order chi connectivity index (χ0) is 14.8. The van der Waals surface area contributed by atoms with Gasteiger partial charge in [-0.05, 0) is 44.0 Å². The van der Waals surface area contributed by atoms with Crippen molar-refractivity contribution in [3.05, 3.63) is 24.3 Å². The highest BCUT2D eigenvalue weighted by Crippen LogP contribution is 2.33. The molecule has 2 amide bonds. The van der Waals surface area contributed by atoms with Crippen LogP contribution in [0.2, 0.25) is 0 Å². The Kier molecular flexibility index (Phi) is 3.82. The molecule has 1 aromatic rings. The number of nitrogens with zero attached hydrogens (tertiary/aromatic N) is 1. The number of benzene rings is 1. The molecule has 1 aliphatic carbocycles. The second-order valence-corrected chi connectivity index (χ2v) is 5.62. The molecule has 2 fully saturated rings. The maximum atomic E-state index is 12.2. The molecule has 0 radical (unpaired) electrons. The lowest BCUT2D eigenvalue weighted by Gasteiger charge is -2.15. The van der Waals surface area contributed by atoms with Gasteiger partial charge in [-0.25, -0.2) is 0 Å². The highest BCUT2D eigenvalue weighted by molar-refractivity contribution is 5.97. The van der Waals surface area contributed by atoms with E-state index in [0.717, 1.165) is 24.3 Å². The minimum absolute atomic E-state index is 0.0735. The third-order valence-electron chi connectivity index (χ3n) is 3.95. The Morgan fingerprint density at radius 2 is 2.05 bits per heavy atom. The van der Waals surface area contributed by atoms with Crippen LogP contribution in [0.5, 0.6) is 5.75 Å². The van der Waals surface area contributed by atoms with Crippen LogP contribution in [-0.4, -0.2) is 35.9 Å². The zero-order valence-electron chi connectivity index (χ0n) is 12.2. The summed E-state index contributed by atoms with van der Waals surface area (Å²) in [5, 5.41) is 2.88. The number of amides is 2. The molecule has 112 valence electrons. The fourth-order valence-electron chi connectivity index (χ4n) is 2.69. The van der Waals surface area contributed by atoms with E-state index in [2.05, 4.69) is 5.32 Å². The van der Waals surface area contributed by atoms with Gasteiger partial charge >= 0.3 is 0 Å². The van der Waals surface area contributed by atoms with Crippen LogP contribution >= 0.6 is 0 Å². The maximum Gasteiger partial charge on any atom is 0.229 e. The normalized spacial score (nSPS) is 21.5. The van der Waals surface area contributed by atoms with E-state index >= 15 is 0 Å². The molecule has 1 heterocycles. The van der Waals surface area contributed by atoms with Gasteiger partial charge in [0.05, 0.1) is 12.5 Å². The third kappa shape index (κ3) is 3.17. The Morgan fingerprint density at radius 3 is 2.67 bits per heavy atom. The maximum absolute atomic E-state index is 12.2. The van der Waals surface area contributed by atoms with Gasteiger partial charge in [-0.3, -0.25) is 9.59 Å². The number of likely N-dealkylation sites (tertiary alicyclic amines) is 1. The summed E-state index contributed by atoms with van der Waals surface area (Å²) in [5.74, 6) is 0.594. The predicted molar refractivity (Wildman–Crippen MR) is 79.1 cm³/mol. The van der Waals surface area contributed by atoms with E-state index in [1.54, 1.807) is 0 Å². The molecule has 0 spiro atoms. The molecule has 5 heteroatoms. The summed E-state index contributed by atoms with van der Waals surface area (Å²) in [6, 6.07) is 7.68. The minimum atomic E-state index is -0.232. The minimum Gasteiger partial charge on any atom is -0.494 e. The Balaban J connectivity index is 1.57. The smallest absolute Gasteiger partial charge is 0.229 e. The van der Waals surface area contributed by atoms with E-state index < -0.39 is 0 Å². The van der Waals surface area contributed by atoms with Crippen molar-refractivity contribution in [2.75, 3.05) is 18.5 Å². The first-order chi connectivity index (χ1) is 10.2. The molecule has 1 saturated heterocycles. The molecule has 0 bridgehead atoms. The number of hydrogen-bond donors (Lipinski definition) is 1. The molecule has 1 atom stereocenters. The lowest BCUT2D eigenvalue weighted by atomic mass is 10.1. The van der Waals surface area contributed by atoms with Crippen LogP contribution in [0.3, 0.4) is 0 Å². The van der Waals surface area contributed by atoms with Crippen LogP contribution in [0, 0.1) is 5.92 Å². The largest absolute Gasteiger partial charge is 0.494 e. The first kappa shape index (κ1) is 13.9. The van der Waals surface area contributed by atoms with Crippen LogP contribution in [0.4, 0.5) is 5.69 Å². The number of nitrogens with one attached hydrogen (secondary N) is 1. The molecule has 3 rings (SSSR count).